The molecule has 1 aromatic rings. The van der Waals surface area contributed by atoms with Crippen LogP contribution in [0.4, 0.5) is 0 Å². The van der Waals surface area contributed by atoms with Gasteiger partial charge in [0.2, 0.25) is 0 Å². The largest absolute Gasteiger partial charge is 0.412 e. The molecule has 0 fully saturated rings. The molecule has 0 radical (unpaired) electrons. The lowest BCUT2D eigenvalue weighted by molar-refractivity contribution is -0.694. The number of aryl methyl sites for hydroxylation is 1. The summed E-state index contributed by atoms with van der Waals surface area (Å²) in [6.45, 7) is 15.3. The normalized spacial score (nSPS) is 12.8. The first-order valence-corrected chi connectivity index (χ1v) is 9.29. The third-order valence-corrected chi connectivity index (χ3v) is 8.17. The van der Waals surface area contributed by atoms with E-state index in [0.717, 1.165) is 13.2 Å². The average Bonchev–Trinajstić information content (AvgIpc) is 2.25. The van der Waals surface area contributed by atoms with Gasteiger partial charge < -0.3 is 4.43 Å². The molecule has 96 valence electrons. The van der Waals surface area contributed by atoms with Gasteiger partial charge >= 0.3 is 0 Å². The highest BCUT2D eigenvalue weighted by Gasteiger charge is 2.37. The summed E-state index contributed by atoms with van der Waals surface area (Å²) in [5.41, 5.74) is 1.26. The standard InChI is InChI=1S/C14H26NOSi/c1-7-15-10-8-9-13(11-15)12-16-17(5,6)14(2,3)4/h8-11H,7,12H2,1-6H3/q+1. The quantitative estimate of drug-likeness (QED) is 0.590. The summed E-state index contributed by atoms with van der Waals surface area (Å²) < 4.78 is 8.39. The van der Waals surface area contributed by atoms with Crippen LogP contribution in [0.2, 0.25) is 18.1 Å². The molecule has 2 nitrogen and oxygen atoms in total. The van der Waals surface area contributed by atoms with E-state index in [1.54, 1.807) is 0 Å². The number of rotatable bonds is 4. The zero-order valence-corrected chi connectivity index (χ0v) is 13.1. The Morgan fingerprint density at radius 3 is 2.47 bits per heavy atom. The molecule has 1 heterocycles. The lowest BCUT2D eigenvalue weighted by atomic mass is 10.2. The van der Waals surface area contributed by atoms with Crippen molar-refractivity contribution in [2.75, 3.05) is 0 Å². The van der Waals surface area contributed by atoms with Crippen molar-refractivity contribution in [2.45, 2.75) is 59.0 Å². The van der Waals surface area contributed by atoms with Crippen LogP contribution in [0.5, 0.6) is 0 Å². The van der Waals surface area contributed by atoms with E-state index in [0.29, 0.717) is 0 Å². The number of hydrogen-bond acceptors (Lipinski definition) is 1. The molecule has 0 amide bonds. The summed E-state index contributed by atoms with van der Waals surface area (Å²) in [4.78, 5) is 0. The van der Waals surface area contributed by atoms with Gasteiger partial charge in [-0.25, -0.2) is 4.57 Å². The van der Waals surface area contributed by atoms with Crippen LogP contribution < -0.4 is 4.57 Å². The Balaban J connectivity index is 2.67. The SMILES string of the molecule is CC[n+]1cccc(CO[Si](C)(C)C(C)(C)C)c1. The van der Waals surface area contributed by atoms with Crippen molar-refractivity contribution >= 4 is 8.32 Å². The van der Waals surface area contributed by atoms with E-state index in [4.69, 9.17) is 4.43 Å². The fourth-order valence-electron chi connectivity index (χ4n) is 1.34. The van der Waals surface area contributed by atoms with Gasteiger partial charge in [-0.1, -0.05) is 20.8 Å². The molecular weight excluding hydrogens is 226 g/mol. The molecule has 0 aliphatic rings. The van der Waals surface area contributed by atoms with Crippen molar-refractivity contribution in [1.29, 1.82) is 0 Å². The monoisotopic (exact) mass is 252 g/mol. The molecule has 0 aliphatic carbocycles. The van der Waals surface area contributed by atoms with Gasteiger partial charge in [-0.3, -0.25) is 0 Å². The Bertz CT molecular complexity index is 369. The first kappa shape index (κ1) is 14.4. The fourth-order valence-corrected chi connectivity index (χ4v) is 2.30. The van der Waals surface area contributed by atoms with Crippen molar-refractivity contribution in [3.05, 3.63) is 30.1 Å². The number of pyridine rings is 1. The minimum Gasteiger partial charge on any atom is -0.412 e. The van der Waals surface area contributed by atoms with Gasteiger partial charge in [-0.05, 0) is 31.1 Å². The first-order valence-electron chi connectivity index (χ1n) is 6.38. The van der Waals surface area contributed by atoms with Crippen LogP contribution in [0.15, 0.2) is 24.5 Å². The molecule has 3 heteroatoms. The van der Waals surface area contributed by atoms with Crippen molar-refractivity contribution in [1.82, 2.24) is 0 Å². The van der Waals surface area contributed by atoms with Gasteiger partial charge in [0.15, 0.2) is 20.7 Å². The minimum atomic E-state index is -1.62. The van der Waals surface area contributed by atoms with E-state index < -0.39 is 8.32 Å². The summed E-state index contributed by atoms with van der Waals surface area (Å²) >= 11 is 0. The summed E-state index contributed by atoms with van der Waals surface area (Å²) in [7, 11) is -1.62. The number of aromatic nitrogens is 1. The summed E-state index contributed by atoms with van der Waals surface area (Å²) in [6, 6.07) is 4.23. The van der Waals surface area contributed by atoms with Crippen molar-refractivity contribution < 1.29 is 8.99 Å². The Hall–Kier alpha value is -0.673. The first-order chi connectivity index (χ1) is 7.76. The Morgan fingerprint density at radius 1 is 1.29 bits per heavy atom. The smallest absolute Gasteiger partial charge is 0.192 e. The molecule has 0 atom stereocenters. The highest BCUT2D eigenvalue weighted by Crippen LogP contribution is 2.36. The molecule has 17 heavy (non-hydrogen) atoms. The van der Waals surface area contributed by atoms with Gasteiger partial charge in [0.25, 0.3) is 0 Å². The molecule has 0 unspecified atom stereocenters. The van der Waals surface area contributed by atoms with Gasteiger partial charge in [0.05, 0.1) is 6.61 Å². The van der Waals surface area contributed by atoms with Gasteiger partial charge in [-0.15, -0.1) is 0 Å². The third-order valence-electron chi connectivity index (χ3n) is 3.69. The van der Waals surface area contributed by atoms with Crippen molar-refractivity contribution in [3.63, 3.8) is 0 Å². The molecule has 0 saturated heterocycles. The summed E-state index contributed by atoms with van der Waals surface area (Å²) in [5.74, 6) is 0. The molecule has 1 rings (SSSR count). The zero-order valence-electron chi connectivity index (χ0n) is 12.1. The highest BCUT2D eigenvalue weighted by atomic mass is 28.4. The molecule has 0 bridgehead atoms. The third kappa shape index (κ3) is 3.93. The Morgan fingerprint density at radius 2 is 1.94 bits per heavy atom. The van der Waals surface area contributed by atoms with Crippen LogP contribution in [-0.2, 0) is 17.6 Å². The number of nitrogens with zero attached hydrogens (tertiary/aromatic N) is 1. The van der Waals surface area contributed by atoms with E-state index in [1.165, 1.54) is 5.56 Å². The van der Waals surface area contributed by atoms with Gasteiger partial charge in [0, 0.05) is 11.6 Å². The fraction of sp³-hybridized carbons (Fsp3) is 0.643. The number of hydrogen-bond donors (Lipinski definition) is 0. The van der Waals surface area contributed by atoms with Crippen LogP contribution in [0.1, 0.15) is 33.3 Å². The maximum atomic E-state index is 6.21. The molecule has 0 N–H and O–H groups in total. The molecule has 1 aromatic heterocycles. The minimum absolute atomic E-state index is 0.280. The average molecular weight is 252 g/mol. The maximum Gasteiger partial charge on any atom is 0.192 e. The zero-order chi connectivity index (χ0) is 13.1. The van der Waals surface area contributed by atoms with Crippen molar-refractivity contribution in [2.24, 2.45) is 0 Å². The highest BCUT2D eigenvalue weighted by molar-refractivity contribution is 6.74. The topological polar surface area (TPSA) is 13.1 Å². The molecular formula is C14H26NOSi+. The van der Waals surface area contributed by atoms with E-state index in [2.05, 4.69) is 69.9 Å². The van der Waals surface area contributed by atoms with E-state index >= 15 is 0 Å². The van der Waals surface area contributed by atoms with E-state index in [-0.39, 0.29) is 5.04 Å². The second-order valence-corrected chi connectivity index (χ2v) is 10.9. The lowest BCUT2D eigenvalue weighted by Gasteiger charge is -2.36. The molecule has 0 aliphatic heterocycles. The van der Waals surface area contributed by atoms with Crippen LogP contribution in [0, 0.1) is 0 Å². The second-order valence-electron chi connectivity index (χ2n) is 6.09. The van der Waals surface area contributed by atoms with E-state index in [9.17, 15) is 0 Å². The Labute approximate surface area is 107 Å². The van der Waals surface area contributed by atoms with Gasteiger partial charge in [0.1, 0.15) is 6.54 Å². The van der Waals surface area contributed by atoms with Crippen LogP contribution in [-0.4, -0.2) is 8.32 Å². The van der Waals surface area contributed by atoms with Crippen molar-refractivity contribution in [3.8, 4) is 0 Å². The summed E-state index contributed by atoms with van der Waals surface area (Å²) in [5, 5.41) is 0.280. The maximum absolute atomic E-state index is 6.21. The van der Waals surface area contributed by atoms with E-state index in [1.807, 2.05) is 0 Å². The Kier molecular flexibility index (Phi) is 4.50. The van der Waals surface area contributed by atoms with Crippen LogP contribution in [0.3, 0.4) is 0 Å². The molecule has 0 saturated carbocycles. The lowest BCUT2D eigenvalue weighted by Crippen LogP contribution is -2.40. The van der Waals surface area contributed by atoms with Gasteiger partial charge in [-0.2, -0.15) is 0 Å². The molecule has 0 aromatic carbocycles. The van der Waals surface area contributed by atoms with Crippen LogP contribution >= 0.6 is 0 Å². The van der Waals surface area contributed by atoms with Crippen LogP contribution in [0.25, 0.3) is 0 Å². The second kappa shape index (κ2) is 5.32. The predicted molar refractivity (Wildman–Crippen MR) is 74.3 cm³/mol. The predicted octanol–water partition coefficient (Wildman–Crippen LogP) is 3.52. The molecule has 0 spiro atoms. The summed E-state index contributed by atoms with van der Waals surface area (Å²) in [6.07, 6.45) is 4.27.